The molecular formula is C20H26N2O. The normalized spacial score (nSPS) is 12.6. The van der Waals surface area contributed by atoms with Crippen molar-refractivity contribution in [3.05, 3.63) is 59.7 Å². The first-order valence-corrected chi connectivity index (χ1v) is 8.25. The summed E-state index contributed by atoms with van der Waals surface area (Å²) in [5.41, 5.74) is 3.13. The topological polar surface area (TPSA) is 44.6 Å². The maximum absolute atomic E-state index is 10.1. The zero-order chi connectivity index (χ0) is 16.5. The van der Waals surface area contributed by atoms with Gasteiger partial charge in [-0.3, -0.25) is 4.99 Å². The predicted octanol–water partition coefficient (Wildman–Crippen LogP) is 4.27. The molecule has 0 saturated carbocycles. The van der Waals surface area contributed by atoms with Gasteiger partial charge in [0, 0.05) is 17.8 Å². The fourth-order valence-corrected chi connectivity index (χ4v) is 2.48. The summed E-state index contributed by atoms with van der Waals surface area (Å²) in [5, 5.41) is 13.3. The lowest BCUT2D eigenvalue weighted by atomic mass is 10.0. The number of aliphatic imine (C=N–C) groups is 1. The van der Waals surface area contributed by atoms with Crippen molar-refractivity contribution in [3.63, 3.8) is 0 Å². The van der Waals surface area contributed by atoms with Crippen molar-refractivity contribution in [1.82, 2.24) is 5.32 Å². The van der Waals surface area contributed by atoms with E-state index in [2.05, 4.69) is 41.5 Å². The first-order valence-electron chi connectivity index (χ1n) is 8.25. The van der Waals surface area contributed by atoms with E-state index in [1.165, 1.54) is 5.56 Å². The number of aromatic hydroxyl groups is 1. The molecule has 2 aromatic rings. The Morgan fingerprint density at radius 3 is 2.61 bits per heavy atom. The molecule has 0 saturated heterocycles. The molecule has 23 heavy (non-hydrogen) atoms. The summed E-state index contributed by atoms with van der Waals surface area (Å²) < 4.78 is 0. The number of nitrogens with one attached hydrogen (secondary N) is 1. The average molecular weight is 310 g/mol. The van der Waals surface area contributed by atoms with Crippen molar-refractivity contribution in [2.75, 3.05) is 7.05 Å². The van der Waals surface area contributed by atoms with Crippen LogP contribution in [0.2, 0.25) is 0 Å². The maximum atomic E-state index is 10.1. The first-order chi connectivity index (χ1) is 11.2. The van der Waals surface area contributed by atoms with E-state index in [1.807, 2.05) is 31.5 Å². The number of phenolic OH excluding ortho intramolecular Hbond substituents is 1. The number of hydrogen-bond acceptors (Lipinski definition) is 3. The molecule has 0 fully saturated rings. The summed E-state index contributed by atoms with van der Waals surface area (Å²) in [5.74, 6) is 0.339. The lowest BCUT2D eigenvalue weighted by molar-refractivity contribution is 0.464. The van der Waals surface area contributed by atoms with Gasteiger partial charge in [-0.05, 0) is 57.4 Å². The molecule has 1 atom stereocenters. The summed E-state index contributed by atoms with van der Waals surface area (Å²) in [6.07, 6.45) is 5.62. The van der Waals surface area contributed by atoms with Gasteiger partial charge >= 0.3 is 0 Å². The molecule has 3 nitrogen and oxygen atoms in total. The van der Waals surface area contributed by atoms with Crippen LogP contribution in [0.3, 0.4) is 0 Å². The number of benzene rings is 2. The third kappa shape index (κ3) is 5.53. The third-order valence-electron chi connectivity index (χ3n) is 4.08. The van der Waals surface area contributed by atoms with Gasteiger partial charge in [-0.15, -0.1) is 0 Å². The highest BCUT2D eigenvalue weighted by Gasteiger charge is 2.08. The molecule has 0 bridgehead atoms. The first kappa shape index (κ1) is 17.2. The number of phenols is 1. The SMILES string of the molecule is CNC(C)CCc1c(O)cccc1N=CCCc1ccccc1. The summed E-state index contributed by atoms with van der Waals surface area (Å²) in [4.78, 5) is 4.58. The van der Waals surface area contributed by atoms with E-state index in [-0.39, 0.29) is 0 Å². The standard InChI is InChI=1S/C20H26N2O/c1-16(21-2)13-14-18-19(11-6-12-20(18)23)22-15-7-10-17-8-4-3-5-9-17/h3-6,8-9,11-12,15-16,21,23H,7,10,13-14H2,1-2H3. The second kappa shape index (κ2) is 9.11. The summed E-state index contributed by atoms with van der Waals surface area (Å²) in [7, 11) is 1.96. The minimum Gasteiger partial charge on any atom is -0.508 e. The largest absolute Gasteiger partial charge is 0.508 e. The molecule has 0 aliphatic carbocycles. The zero-order valence-corrected chi connectivity index (χ0v) is 14.0. The molecule has 0 aliphatic heterocycles. The highest BCUT2D eigenvalue weighted by atomic mass is 16.3. The Kier molecular flexibility index (Phi) is 6.82. The van der Waals surface area contributed by atoms with Gasteiger partial charge in [0.1, 0.15) is 5.75 Å². The molecular weight excluding hydrogens is 284 g/mol. The van der Waals surface area contributed by atoms with Crippen LogP contribution in [0.1, 0.15) is 30.9 Å². The van der Waals surface area contributed by atoms with Gasteiger partial charge in [-0.2, -0.15) is 0 Å². The molecule has 0 aromatic heterocycles. The van der Waals surface area contributed by atoms with Crippen LogP contribution in [0.5, 0.6) is 5.75 Å². The van der Waals surface area contributed by atoms with Crippen molar-refractivity contribution in [2.24, 2.45) is 4.99 Å². The Morgan fingerprint density at radius 1 is 1.09 bits per heavy atom. The predicted molar refractivity (Wildman–Crippen MR) is 97.9 cm³/mol. The number of hydrogen-bond donors (Lipinski definition) is 2. The van der Waals surface area contributed by atoms with Crippen LogP contribution < -0.4 is 5.32 Å². The monoisotopic (exact) mass is 310 g/mol. The van der Waals surface area contributed by atoms with Crippen LogP contribution in [-0.4, -0.2) is 24.4 Å². The van der Waals surface area contributed by atoms with Gasteiger partial charge in [-0.1, -0.05) is 36.4 Å². The molecule has 0 heterocycles. The van der Waals surface area contributed by atoms with Crippen LogP contribution in [0.25, 0.3) is 0 Å². The minimum atomic E-state index is 0.339. The molecule has 0 radical (unpaired) electrons. The lowest BCUT2D eigenvalue weighted by Gasteiger charge is -2.12. The number of aryl methyl sites for hydroxylation is 1. The van der Waals surface area contributed by atoms with Crippen LogP contribution in [-0.2, 0) is 12.8 Å². The molecule has 122 valence electrons. The second-order valence-electron chi connectivity index (χ2n) is 5.84. The Hall–Kier alpha value is -2.13. The van der Waals surface area contributed by atoms with Gasteiger partial charge in [0.15, 0.2) is 0 Å². The molecule has 2 aromatic carbocycles. The maximum Gasteiger partial charge on any atom is 0.120 e. The van der Waals surface area contributed by atoms with Crippen molar-refractivity contribution in [1.29, 1.82) is 0 Å². The van der Waals surface area contributed by atoms with Gasteiger partial charge < -0.3 is 10.4 Å². The fraction of sp³-hybridized carbons (Fsp3) is 0.350. The highest BCUT2D eigenvalue weighted by Crippen LogP contribution is 2.29. The minimum absolute atomic E-state index is 0.339. The quantitative estimate of drug-likeness (QED) is 0.715. The Balaban J connectivity index is 1.98. The summed E-state index contributed by atoms with van der Waals surface area (Å²) in [6, 6.07) is 16.4. The van der Waals surface area contributed by atoms with E-state index >= 15 is 0 Å². The van der Waals surface area contributed by atoms with E-state index in [9.17, 15) is 5.11 Å². The molecule has 0 aliphatic rings. The number of nitrogens with zero attached hydrogens (tertiary/aromatic N) is 1. The number of rotatable bonds is 8. The van der Waals surface area contributed by atoms with E-state index in [0.717, 1.165) is 36.9 Å². The van der Waals surface area contributed by atoms with Crippen molar-refractivity contribution >= 4 is 11.9 Å². The van der Waals surface area contributed by atoms with Crippen LogP contribution >= 0.6 is 0 Å². The van der Waals surface area contributed by atoms with Crippen LogP contribution in [0.4, 0.5) is 5.69 Å². The van der Waals surface area contributed by atoms with Gasteiger partial charge in [0.2, 0.25) is 0 Å². The Morgan fingerprint density at radius 2 is 1.87 bits per heavy atom. The average Bonchev–Trinajstić information content (AvgIpc) is 2.58. The lowest BCUT2D eigenvalue weighted by Crippen LogP contribution is -2.21. The van der Waals surface area contributed by atoms with Crippen LogP contribution in [0, 0.1) is 0 Å². The summed E-state index contributed by atoms with van der Waals surface area (Å²) >= 11 is 0. The van der Waals surface area contributed by atoms with Gasteiger partial charge in [-0.25, -0.2) is 0 Å². The fourth-order valence-electron chi connectivity index (χ4n) is 2.48. The molecule has 0 spiro atoms. The molecule has 3 heteroatoms. The van der Waals surface area contributed by atoms with E-state index in [1.54, 1.807) is 6.07 Å². The molecule has 2 rings (SSSR count). The van der Waals surface area contributed by atoms with E-state index < -0.39 is 0 Å². The highest BCUT2D eigenvalue weighted by molar-refractivity contribution is 5.66. The van der Waals surface area contributed by atoms with E-state index in [4.69, 9.17) is 0 Å². The molecule has 1 unspecified atom stereocenters. The van der Waals surface area contributed by atoms with Crippen molar-refractivity contribution in [3.8, 4) is 5.75 Å². The van der Waals surface area contributed by atoms with E-state index in [0.29, 0.717) is 11.8 Å². The zero-order valence-electron chi connectivity index (χ0n) is 14.0. The van der Waals surface area contributed by atoms with Gasteiger partial charge in [0.05, 0.1) is 5.69 Å². The van der Waals surface area contributed by atoms with Crippen molar-refractivity contribution < 1.29 is 5.11 Å². The third-order valence-corrected chi connectivity index (χ3v) is 4.08. The smallest absolute Gasteiger partial charge is 0.120 e. The second-order valence-corrected chi connectivity index (χ2v) is 5.84. The van der Waals surface area contributed by atoms with Gasteiger partial charge in [0.25, 0.3) is 0 Å². The Bertz CT molecular complexity index is 623. The van der Waals surface area contributed by atoms with Crippen molar-refractivity contribution in [2.45, 2.75) is 38.6 Å². The van der Waals surface area contributed by atoms with Crippen LogP contribution in [0.15, 0.2) is 53.5 Å². The molecule has 0 amide bonds. The molecule has 2 N–H and O–H groups in total. The Labute approximate surface area is 139 Å². The summed E-state index contributed by atoms with van der Waals surface area (Å²) in [6.45, 7) is 2.14.